The Morgan fingerprint density at radius 1 is 1.11 bits per heavy atom. The summed E-state index contributed by atoms with van der Waals surface area (Å²) in [6.07, 6.45) is 2.86. The van der Waals surface area contributed by atoms with Gasteiger partial charge >= 0.3 is 0 Å². The lowest BCUT2D eigenvalue weighted by atomic mass is 10.00. The lowest BCUT2D eigenvalue weighted by Gasteiger charge is -2.37. The van der Waals surface area contributed by atoms with E-state index in [1.54, 1.807) is 57.5 Å². The predicted molar refractivity (Wildman–Crippen MR) is 136 cm³/mol. The number of amides is 2. The monoisotopic (exact) mass is 522 g/mol. The summed E-state index contributed by atoms with van der Waals surface area (Å²) in [7, 11) is 0. The lowest BCUT2D eigenvalue weighted by molar-refractivity contribution is -0.135. The van der Waals surface area contributed by atoms with Crippen molar-refractivity contribution in [1.82, 2.24) is 9.80 Å². The molecule has 3 aliphatic rings. The Morgan fingerprint density at radius 3 is 2.78 bits per heavy atom. The van der Waals surface area contributed by atoms with Gasteiger partial charge in [-0.3, -0.25) is 9.59 Å². The molecule has 1 fully saturated rings. The first-order chi connectivity index (χ1) is 18.1. The molecule has 2 amide bonds. The summed E-state index contributed by atoms with van der Waals surface area (Å²) in [5.41, 5.74) is 1.49. The van der Waals surface area contributed by atoms with E-state index in [2.05, 4.69) is 0 Å². The summed E-state index contributed by atoms with van der Waals surface area (Å²) in [6.45, 7) is 1.29. The molecule has 3 heterocycles. The normalized spacial score (nSPS) is 17.9. The third-order valence-electron chi connectivity index (χ3n) is 7.06. The maximum atomic E-state index is 14.2. The highest BCUT2D eigenvalue weighted by atomic mass is 32.1. The van der Waals surface area contributed by atoms with Gasteiger partial charge in [0.2, 0.25) is 12.7 Å². The first-order valence-electron chi connectivity index (χ1n) is 12.5. The zero-order chi connectivity index (χ0) is 25.4. The SMILES string of the molecule is O=C(c1ccc2c(c1)OCO2)N(CC(=O)N1CCc2sccc2[C@H]1COc1ccccc1F)CC1CC1. The van der Waals surface area contributed by atoms with Crippen molar-refractivity contribution in [2.75, 3.05) is 33.0 Å². The molecule has 2 aromatic carbocycles. The van der Waals surface area contributed by atoms with E-state index in [9.17, 15) is 14.0 Å². The van der Waals surface area contributed by atoms with Crippen molar-refractivity contribution >= 4 is 23.2 Å². The minimum atomic E-state index is -0.438. The molecule has 1 aromatic heterocycles. The highest BCUT2D eigenvalue weighted by molar-refractivity contribution is 7.10. The van der Waals surface area contributed by atoms with Gasteiger partial charge in [-0.25, -0.2) is 4.39 Å². The molecule has 0 saturated heterocycles. The molecule has 2 aliphatic heterocycles. The van der Waals surface area contributed by atoms with E-state index >= 15 is 0 Å². The standard InChI is InChI=1S/C28H27FN2O5S/c29-21-3-1-2-4-23(21)34-16-22-20-10-12-37-26(20)9-11-31(22)27(32)15-30(14-18-5-6-18)28(33)19-7-8-24-25(13-19)36-17-35-24/h1-4,7-8,10,12-13,18,22H,5-6,9,11,14-17H2/t22-/m1/s1. The number of benzene rings is 2. The molecule has 1 atom stereocenters. The van der Waals surface area contributed by atoms with E-state index in [4.69, 9.17) is 14.2 Å². The van der Waals surface area contributed by atoms with Crippen LogP contribution < -0.4 is 14.2 Å². The van der Waals surface area contributed by atoms with E-state index in [0.29, 0.717) is 36.1 Å². The van der Waals surface area contributed by atoms with E-state index in [1.165, 1.54) is 10.9 Å². The summed E-state index contributed by atoms with van der Waals surface area (Å²) in [5, 5.41) is 2.01. The van der Waals surface area contributed by atoms with Crippen molar-refractivity contribution in [3.63, 3.8) is 0 Å². The lowest BCUT2D eigenvalue weighted by Crippen LogP contribution is -2.48. The zero-order valence-corrected chi connectivity index (χ0v) is 21.0. The summed E-state index contributed by atoms with van der Waals surface area (Å²) in [4.78, 5) is 31.9. The molecular formula is C28H27FN2O5S. The van der Waals surface area contributed by atoms with Crippen LogP contribution in [0, 0.1) is 11.7 Å². The summed E-state index contributed by atoms with van der Waals surface area (Å²) >= 11 is 1.66. The highest BCUT2D eigenvalue weighted by Gasteiger charge is 2.35. The topological polar surface area (TPSA) is 68.3 Å². The Morgan fingerprint density at radius 2 is 1.95 bits per heavy atom. The third-order valence-corrected chi connectivity index (χ3v) is 8.05. The van der Waals surface area contributed by atoms with Crippen LogP contribution >= 0.6 is 11.3 Å². The van der Waals surface area contributed by atoms with Crippen molar-refractivity contribution < 1.29 is 28.2 Å². The second-order valence-electron chi connectivity index (χ2n) is 9.59. The van der Waals surface area contributed by atoms with E-state index in [1.807, 2.05) is 11.4 Å². The van der Waals surface area contributed by atoms with Crippen molar-refractivity contribution in [1.29, 1.82) is 0 Å². The van der Waals surface area contributed by atoms with Gasteiger partial charge < -0.3 is 24.0 Å². The summed E-state index contributed by atoms with van der Waals surface area (Å²) in [5.74, 6) is 0.932. The van der Waals surface area contributed by atoms with Crippen molar-refractivity contribution in [3.8, 4) is 17.2 Å². The fraction of sp³-hybridized carbons (Fsp3) is 0.357. The van der Waals surface area contributed by atoms with Crippen LogP contribution in [0.15, 0.2) is 53.9 Å². The van der Waals surface area contributed by atoms with Crippen molar-refractivity contribution in [2.24, 2.45) is 5.92 Å². The average molecular weight is 523 g/mol. The van der Waals surface area contributed by atoms with E-state index < -0.39 is 5.82 Å². The molecule has 37 heavy (non-hydrogen) atoms. The molecule has 1 saturated carbocycles. The van der Waals surface area contributed by atoms with Crippen LogP contribution in [0.1, 0.15) is 39.7 Å². The number of rotatable bonds is 8. The predicted octanol–water partition coefficient (Wildman–Crippen LogP) is 4.67. The summed E-state index contributed by atoms with van der Waals surface area (Å²) < 4.78 is 30.9. The first-order valence-corrected chi connectivity index (χ1v) is 13.4. The molecule has 0 spiro atoms. The smallest absolute Gasteiger partial charge is 0.254 e. The second kappa shape index (κ2) is 10.0. The maximum Gasteiger partial charge on any atom is 0.254 e. The van der Waals surface area contributed by atoms with Gasteiger partial charge in [0, 0.05) is 23.5 Å². The fourth-order valence-electron chi connectivity index (χ4n) is 4.90. The maximum absolute atomic E-state index is 14.2. The number of thiophene rings is 1. The molecule has 6 rings (SSSR count). The minimum absolute atomic E-state index is 0.0283. The van der Waals surface area contributed by atoms with Crippen LogP contribution in [0.2, 0.25) is 0 Å². The van der Waals surface area contributed by atoms with Gasteiger partial charge in [0.25, 0.3) is 5.91 Å². The minimum Gasteiger partial charge on any atom is -0.488 e. The molecule has 7 nitrogen and oxygen atoms in total. The van der Waals surface area contributed by atoms with Crippen LogP contribution in [0.5, 0.6) is 17.2 Å². The van der Waals surface area contributed by atoms with Gasteiger partial charge in [0.15, 0.2) is 23.1 Å². The Kier molecular flexibility index (Phi) is 6.46. The highest BCUT2D eigenvalue weighted by Crippen LogP contribution is 2.36. The van der Waals surface area contributed by atoms with Gasteiger partial charge in [-0.05, 0) is 72.5 Å². The van der Waals surface area contributed by atoms with Crippen LogP contribution in [-0.2, 0) is 11.2 Å². The Labute approximate surface area is 218 Å². The molecule has 0 bridgehead atoms. The fourth-order valence-corrected chi connectivity index (χ4v) is 5.83. The number of hydrogen-bond donors (Lipinski definition) is 0. The van der Waals surface area contributed by atoms with Gasteiger partial charge in [0.05, 0.1) is 6.04 Å². The number of ether oxygens (including phenoxy) is 3. The van der Waals surface area contributed by atoms with Crippen LogP contribution in [-0.4, -0.2) is 54.6 Å². The number of nitrogens with zero attached hydrogens (tertiary/aromatic N) is 2. The Bertz CT molecular complexity index is 1320. The molecule has 192 valence electrons. The van der Waals surface area contributed by atoms with Crippen molar-refractivity contribution in [2.45, 2.75) is 25.3 Å². The first kappa shape index (κ1) is 23.8. The van der Waals surface area contributed by atoms with Gasteiger partial charge in [-0.15, -0.1) is 11.3 Å². The molecular weight excluding hydrogens is 495 g/mol. The number of carbonyl (C=O) groups is 2. The molecule has 1 aliphatic carbocycles. The van der Waals surface area contributed by atoms with Gasteiger partial charge in [0.1, 0.15) is 13.2 Å². The summed E-state index contributed by atoms with van der Waals surface area (Å²) in [6, 6.07) is 13.0. The zero-order valence-electron chi connectivity index (χ0n) is 20.2. The quantitative estimate of drug-likeness (QED) is 0.430. The molecule has 0 unspecified atom stereocenters. The number of halogens is 1. The van der Waals surface area contributed by atoms with E-state index in [-0.39, 0.29) is 43.6 Å². The average Bonchev–Trinajstić information content (AvgIpc) is 3.38. The largest absolute Gasteiger partial charge is 0.488 e. The molecule has 0 radical (unpaired) electrons. The molecule has 3 aromatic rings. The number of carbonyl (C=O) groups excluding carboxylic acids is 2. The van der Waals surface area contributed by atoms with Crippen LogP contribution in [0.4, 0.5) is 4.39 Å². The molecule has 0 N–H and O–H groups in total. The second-order valence-corrected chi connectivity index (χ2v) is 10.6. The van der Waals surface area contributed by atoms with Gasteiger partial charge in [-0.2, -0.15) is 0 Å². The van der Waals surface area contributed by atoms with Crippen molar-refractivity contribution in [3.05, 3.63) is 75.7 Å². The van der Waals surface area contributed by atoms with Gasteiger partial charge in [-0.1, -0.05) is 12.1 Å². The van der Waals surface area contributed by atoms with E-state index in [0.717, 1.165) is 24.8 Å². The van der Waals surface area contributed by atoms with Crippen LogP contribution in [0.25, 0.3) is 0 Å². The number of fused-ring (bicyclic) bond motifs is 2. The Hall–Kier alpha value is -3.59. The third kappa shape index (κ3) is 5.00. The molecule has 9 heteroatoms. The number of para-hydroxylation sites is 1. The Balaban J connectivity index is 1.21. The van der Waals surface area contributed by atoms with Crippen LogP contribution in [0.3, 0.4) is 0 Å². The number of hydrogen-bond acceptors (Lipinski definition) is 6.